The number of rotatable bonds is 3. The van der Waals surface area contributed by atoms with Gasteiger partial charge in [-0.25, -0.2) is 0 Å². The largest absolute Gasteiger partial charge is 0.383 e. The molecule has 126 valence electrons. The fraction of sp³-hybridized carbons (Fsp3) is 0.667. The van der Waals surface area contributed by atoms with Gasteiger partial charge in [-0.15, -0.1) is 5.10 Å². The molecule has 0 aromatic carbocycles. The average molecular weight is 326 g/mol. The first-order chi connectivity index (χ1) is 10.9. The maximum absolute atomic E-state index is 14.3. The number of hydrogen-bond acceptors (Lipinski definition) is 5. The van der Waals surface area contributed by atoms with E-state index in [1.54, 1.807) is 18.3 Å². The van der Waals surface area contributed by atoms with Gasteiger partial charge in [0.1, 0.15) is 5.60 Å². The maximum Gasteiger partial charge on any atom is 0.352 e. The summed E-state index contributed by atoms with van der Waals surface area (Å²) >= 11 is 0. The van der Waals surface area contributed by atoms with E-state index >= 15 is 0 Å². The summed E-state index contributed by atoms with van der Waals surface area (Å²) in [5.74, 6) is -4.31. The minimum absolute atomic E-state index is 0.0225. The molecule has 1 aromatic rings. The molecular formula is C15H20F2N4O2. The van der Waals surface area contributed by atoms with Crippen molar-refractivity contribution in [3.05, 3.63) is 18.3 Å². The third-order valence-electron chi connectivity index (χ3n) is 4.70. The molecule has 1 N–H and O–H groups in total. The highest BCUT2D eigenvalue weighted by atomic mass is 19.3. The van der Waals surface area contributed by atoms with E-state index in [1.165, 1.54) is 0 Å². The lowest BCUT2D eigenvalue weighted by Gasteiger charge is -2.43. The topological polar surface area (TPSA) is 69.6 Å². The Hall–Kier alpha value is -1.83. The molecule has 1 saturated carbocycles. The van der Waals surface area contributed by atoms with Crippen LogP contribution in [0, 0.1) is 0 Å². The van der Waals surface area contributed by atoms with Crippen molar-refractivity contribution in [2.24, 2.45) is 0 Å². The summed E-state index contributed by atoms with van der Waals surface area (Å²) in [7, 11) is 0. The molecule has 2 aliphatic rings. The fourth-order valence-electron chi connectivity index (χ4n) is 3.03. The highest BCUT2D eigenvalue weighted by Crippen LogP contribution is 2.45. The van der Waals surface area contributed by atoms with Gasteiger partial charge in [0, 0.05) is 32.4 Å². The number of carbonyl (C=O) groups excluding carboxylic acids is 1. The van der Waals surface area contributed by atoms with Crippen molar-refractivity contribution in [2.45, 2.75) is 37.2 Å². The van der Waals surface area contributed by atoms with Crippen molar-refractivity contribution in [3.63, 3.8) is 0 Å². The summed E-state index contributed by atoms with van der Waals surface area (Å²) in [5.41, 5.74) is -2.17. The minimum atomic E-state index is -3.72. The number of carbonyl (C=O) groups is 1. The van der Waals surface area contributed by atoms with Crippen LogP contribution in [0.5, 0.6) is 0 Å². The van der Waals surface area contributed by atoms with Gasteiger partial charge in [-0.1, -0.05) is 0 Å². The molecule has 0 spiro atoms. The van der Waals surface area contributed by atoms with Gasteiger partial charge in [0.2, 0.25) is 0 Å². The molecule has 1 amide bonds. The quantitative estimate of drug-likeness (QED) is 0.900. The molecule has 0 radical (unpaired) electrons. The Bertz CT molecular complexity index is 566. The molecule has 0 bridgehead atoms. The predicted molar refractivity (Wildman–Crippen MR) is 79.2 cm³/mol. The molecule has 2 heterocycles. The molecular weight excluding hydrogens is 306 g/mol. The second-order valence-corrected chi connectivity index (χ2v) is 6.17. The minimum Gasteiger partial charge on any atom is -0.383 e. The molecule has 0 atom stereocenters. The van der Waals surface area contributed by atoms with Crippen LogP contribution in [0.25, 0.3) is 0 Å². The van der Waals surface area contributed by atoms with Gasteiger partial charge in [-0.3, -0.25) is 4.79 Å². The van der Waals surface area contributed by atoms with Crippen molar-refractivity contribution < 1.29 is 18.7 Å². The molecule has 2 fully saturated rings. The van der Waals surface area contributed by atoms with E-state index in [1.807, 2.05) is 4.90 Å². The van der Waals surface area contributed by atoms with Gasteiger partial charge >= 0.3 is 5.92 Å². The van der Waals surface area contributed by atoms with Crippen LogP contribution in [0.1, 0.15) is 25.7 Å². The highest BCUT2D eigenvalue weighted by Gasteiger charge is 2.62. The van der Waals surface area contributed by atoms with E-state index in [-0.39, 0.29) is 25.9 Å². The zero-order valence-corrected chi connectivity index (χ0v) is 12.8. The monoisotopic (exact) mass is 326 g/mol. The van der Waals surface area contributed by atoms with Crippen molar-refractivity contribution in [3.8, 4) is 0 Å². The van der Waals surface area contributed by atoms with Crippen molar-refractivity contribution in [1.82, 2.24) is 15.1 Å². The number of amides is 1. The SMILES string of the molecule is O=C(N1CCCN(c2cccnn2)CC1)C(F)(F)C1(O)CCC1. The van der Waals surface area contributed by atoms with Crippen LogP contribution in [0.2, 0.25) is 0 Å². The lowest BCUT2D eigenvalue weighted by Crippen LogP contribution is -2.61. The van der Waals surface area contributed by atoms with E-state index in [0.717, 1.165) is 4.90 Å². The number of aromatic nitrogens is 2. The predicted octanol–water partition coefficient (Wildman–Crippen LogP) is 1.07. The third-order valence-corrected chi connectivity index (χ3v) is 4.70. The van der Waals surface area contributed by atoms with Crippen LogP contribution in [0.3, 0.4) is 0 Å². The van der Waals surface area contributed by atoms with Crippen LogP contribution in [0.4, 0.5) is 14.6 Å². The molecule has 0 unspecified atom stereocenters. The highest BCUT2D eigenvalue weighted by molar-refractivity contribution is 5.85. The van der Waals surface area contributed by atoms with Gasteiger partial charge in [0.05, 0.1) is 0 Å². The standard InChI is InChI=1S/C15H20F2N4O2/c16-15(17,14(23)5-2-6-14)13(22)21-9-3-8-20(10-11-21)12-4-1-7-18-19-12/h1,4,7,23H,2-3,5-6,8-11H2. The van der Waals surface area contributed by atoms with E-state index in [0.29, 0.717) is 31.7 Å². The Labute approximate surface area is 133 Å². The second-order valence-electron chi connectivity index (χ2n) is 6.17. The fourth-order valence-corrected chi connectivity index (χ4v) is 3.03. The number of alkyl halides is 2. The second kappa shape index (κ2) is 5.99. The molecule has 1 aliphatic carbocycles. The van der Waals surface area contributed by atoms with Gasteiger partial charge in [-0.05, 0) is 37.8 Å². The summed E-state index contributed by atoms with van der Waals surface area (Å²) in [5, 5.41) is 17.7. The lowest BCUT2D eigenvalue weighted by molar-refractivity contribution is -0.223. The molecule has 1 saturated heterocycles. The van der Waals surface area contributed by atoms with Crippen LogP contribution in [0.15, 0.2) is 18.3 Å². The van der Waals surface area contributed by atoms with Crippen molar-refractivity contribution in [1.29, 1.82) is 0 Å². The zero-order chi connectivity index (χ0) is 16.5. The molecule has 1 aliphatic heterocycles. The lowest BCUT2D eigenvalue weighted by atomic mass is 9.75. The smallest absolute Gasteiger partial charge is 0.352 e. The zero-order valence-electron chi connectivity index (χ0n) is 12.8. The Morgan fingerprint density at radius 3 is 2.61 bits per heavy atom. The Kier molecular flexibility index (Phi) is 4.18. The molecule has 23 heavy (non-hydrogen) atoms. The first-order valence-electron chi connectivity index (χ1n) is 7.86. The van der Waals surface area contributed by atoms with Crippen LogP contribution < -0.4 is 4.90 Å². The first kappa shape index (κ1) is 16.0. The maximum atomic E-state index is 14.3. The molecule has 1 aromatic heterocycles. The summed E-state index contributed by atoms with van der Waals surface area (Å²) in [6.45, 7) is 1.47. The molecule has 3 rings (SSSR count). The van der Waals surface area contributed by atoms with E-state index in [4.69, 9.17) is 0 Å². The van der Waals surface area contributed by atoms with E-state index in [9.17, 15) is 18.7 Å². The third kappa shape index (κ3) is 2.87. The number of aliphatic hydroxyl groups is 1. The molecule has 6 nitrogen and oxygen atoms in total. The van der Waals surface area contributed by atoms with Crippen LogP contribution in [-0.2, 0) is 4.79 Å². The van der Waals surface area contributed by atoms with Gasteiger partial charge in [-0.2, -0.15) is 13.9 Å². The number of halogens is 2. The summed E-state index contributed by atoms with van der Waals surface area (Å²) in [6, 6.07) is 3.56. The number of anilines is 1. The number of hydrogen-bond donors (Lipinski definition) is 1. The summed E-state index contributed by atoms with van der Waals surface area (Å²) in [6.07, 6.45) is 2.62. The van der Waals surface area contributed by atoms with Crippen molar-refractivity contribution >= 4 is 11.7 Å². The van der Waals surface area contributed by atoms with Gasteiger partial charge in [0.15, 0.2) is 5.82 Å². The summed E-state index contributed by atoms with van der Waals surface area (Å²) in [4.78, 5) is 15.3. The normalized spacial score (nSPS) is 21.5. The Morgan fingerprint density at radius 2 is 2.00 bits per heavy atom. The Balaban J connectivity index is 1.67. The summed E-state index contributed by atoms with van der Waals surface area (Å²) < 4.78 is 28.6. The van der Waals surface area contributed by atoms with E-state index in [2.05, 4.69) is 10.2 Å². The molecule has 8 heteroatoms. The van der Waals surface area contributed by atoms with E-state index < -0.39 is 17.4 Å². The van der Waals surface area contributed by atoms with Crippen LogP contribution in [-0.4, -0.2) is 63.8 Å². The van der Waals surface area contributed by atoms with Crippen LogP contribution >= 0.6 is 0 Å². The van der Waals surface area contributed by atoms with Gasteiger partial charge < -0.3 is 14.9 Å². The van der Waals surface area contributed by atoms with Crippen molar-refractivity contribution in [2.75, 3.05) is 31.1 Å². The number of nitrogens with zero attached hydrogens (tertiary/aromatic N) is 4. The first-order valence-corrected chi connectivity index (χ1v) is 7.86. The Morgan fingerprint density at radius 1 is 1.22 bits per heavy atom. The average Bonchev–Trinajstić information content (AvgIpc) is 2.78. The van der Waals surface area contributed by atoms with Gasteiger partial charge in [0.25, 0.3) is 5.91 Å².